The highest BCUT2D eigenvalue weighted by Gasteiger charge is 2.09. The number of rotatable bonds is 29. The van der Waals surface area contributed by atoms with E-state index in [2.05, 4.69) is 57.1 Å². The molecule has 0 rings (SSSR count). The van der Waals surface area contributed by atoms with Gasteiger partial charge >= 0.3 is 0 Å². The summed E-state index contributed by atoms with van der Waals surface area (Å²) >= 11 is 0. The third-order valence-electron chi connectivity index (χ3n) is 7.24. The van der Waals surface area contributed by atoms with Gasteiger partial charge in [-0.1, -0.05) is 141 Å². The smallest absolute Gasteiger partial charge is 0.0575 e. The lowest BCUT2D eigenvalue weighted by molar-refractivity contribution is 0.0342. The topological polar surface area (TPSA) is 12.5 Å². The highest BCUT2D eigenvalue weighted by Crippen LogP contribution is 2.17. The zero-order valence-electron chi connectivity index (χ0n) is 25.4. The molecule has 0 N–H and O–H groups in total. The molecule has 2 nitrogen and oxygen atoms in total. The van der Waals surface area contributed by atoms with E-state index in [1.54, 1.807) is 0 Å². The van der Waals surface area contributed by atoms with E-state index in [1.807, 2.05) is 0 Å². The van der Waals surface area contributed by atoms with Gasteiger partial charge in [0.15, 0.2) is 0 Å². The van der Waals surface area contributed by atoms with E-state index in [-0.39, 0.29) is 0 Å². The lowest BCUT2D eigenvalue weighted by Crippen LogP contribution is -2.18. The molecule has 1 atom stereocenters. The number of hydrogen-bond donors (Lipinski definition) is 0. The van der Waals surface area contributed by atoms with Crippen LogP contribution >= 0.6 is 0 Å². The van der Waals surface area contributed by atoms with Crippen molar-refractivity contribution < 1.29 is 4.74 Å². The largest absolute Gasteiger partial charge is 0.378 e. The zero-order chi connectivity index (χ0) is 26.4. The fourth-order valence-electron chi connectivity index (χ4n) is 4.83. The first-order valence-electron chi connectivity index (χ1n) is 16.3. The van der Waals surface area contributed by atoms with Gasteiger partial charge in [-0.15, -0.1) is 0 Å². The van der Waals surface area contributed by atoms with Crippen LogP contribution in [0.5, 0.6) is 0 Å². The van der Waals surface area contributed by atoms with Crippen LogP contribution in [-0.4, -0.2) is 38.3 Å². The van der Waals surface area contributed by atoms with Crippen molar-refractivity contribution in [3.8, 4) is 0 Å². The molecular weight excluding hydrogens is 438 g/mol. The standard InChI is InChI=1S/C34H67NO/c1-5-7-9-11-13-15-16-17-18-19-20-21-22-24-26-28-31-34(36-33-29-32-35(3)4)30-27-25-23-14-12-10-8-6-2/h15-18,34H,5-14,19-33H2,1-4H3/b16-15+,18-17-. The minimum Gasteiger partial charge on any atom is -0.378 e. The lowest BCUT2D eigenvalue weighted by atomic mass is 10.0. The van der Waals surface area contributed by atoms with Crippen molar-refractivity contribution in [1.82, 2.24) is 4.90 Å². The molecule has 0 bridgehead atoms. The van der Waals surface area contributed by atoms with Gasteiger partial charge in [-0.05, 0) is 65.6 Å². The summed E-state index contributed by atoms with van der Waals surface area (Å²) in [6.45, 7) is 6.64. The molecule has 0 fully saturated rings. The number of allylic oxidation sites excluding steroid dienone is 4. The van der Waals surface area contributed by atoms with Gasteiger partial charge in [0, 0.05) is 6.61 Å². The Balaban J connectivity index is 3.77. The Morgan fingerprint density at radius 3 is 1.42 bits per heavy atom. The molecule has 0 aromatic rings. The van der Waals surface area contributed by atoms with Gasteiger partial charge in [-0.25, -0.2) is 0 Å². The number of ether oxygens (including phenoxy) is 1. The van der Waals surface area contributed by atoms with Crippen LogP contribution in [0.2, 0.25) is 0 Å². The van der Waals surface area contributed by atoms with Gasteiger partial charge in [-0.3, -0.25) is 0 Å². The van der Waals surface area contributed by atoms with Crippen molar-refractivity contribution in [2.24, 2.45) is 0 Å². The Morgan fingerprint density at radius 2 is 0.944 bits per heavy atom. The third-order valence-corrected chi connectivity index (χ3v) is 7.24. The maximum absolute atomic E-state index is 6.34. The molecule has 0 radical (unpaired) electrons. The molecule has 0 heterocycles. The van der Waals surface area contributed by atoms with E-state index in [9.17, 15) is 0 Å². The summed E-state index contributed by atoms with van der Waals surface area (Å²) in [5.41, 5.74) is 0. The normalized spacial score (nSPS) is 13.0. The van der Waals surface area contributed by atoms with Crippen LogP contribution in [0.15, 0.2) is 24.3 Å². The summed E-state index contributed by atoms with van der Waals surface area (Å²) in [7, 11) is 4.31. The molecule has 0 aromatic heterocycles. The van der Waals surface area contributed by atoms with Gasteiger partial charge < -0.3 is 9.64 Å². The maximum atomic E-state index is 6.34. The molecule has 0 saturated carbocycles. The molecule has 36 heavy (non-hydrogen) atoms. The predicted molar refractivity (Wildman–Crippen MR) is 164 cm³/mol. The fourth-order valence-corrected chi connectivity index (χ4v) is 4.83. The summed E-state index contributed by atoms with van der Waals surface area (Å²) < 4.78 is 6.34. The SMILES string of the molecule is CCCCCC/C=C/C=C\CCCCCCCCC(CCCCCCCCCC)OCCCN(C)C. The molecule has 0 aliphatic heterocycles. The van der Waals surface area contributed by atoms with Gasteiger partial charge in [0.05, 0.1) is 6.10 Å². The number of unbranched alkanes of at least 4 members (excludes halogenated alkanes) is 17. The second kappa shape index (κ2) is 30.6. The van der Waals surface area contributed by atoms with Crippen molar-refractivity contribution >= 4 is 0 Å². The van der Waals surface area contributed by atoms with Crippen molar-refractivity contribution in [2.45, 2.75) is 168 Å². The van der Waals surface area contributed by atoms with Crippen molar-refractivity contribution in [3.63, 3.8) is 0 Å². The van der Waals surface area contributed by atoms with Crippen LogP contribution in [0, 0.1) is 0 Å². The highest BCUT2D eigenvalue weighted by atomic mass is 16.5. The average molecular weight is 506 g/mol. The fraction of sp³-hybridized carbons (Fsp3) is 0.882. The van der Waals surface area contributed by atoms with Gasteiger partial charge in [0.25, 0.3) is 0 Å². The molecule has 0 aromatic carbocycles. The van der Waals surface area contributed by atoms with Crippen molar-refractivity contribution in [1.29, 1.82) is 0 Å². The summed E-state index contributed by atoms with van der Waals surface area (Å²) in [5, 5.41) is 0. The van der Waals surface area contributed by atoms with E-state index in [0.717, 1.165) is 19.6 Å². The van der Waals surface area contributed by atoms with Gasteiger partial charge in [0.1, 0.15) is 0 Å². The first-order valence-corrected chi connectivity index (χ1v) is 16.3. The third kappa shape index (κ3) is 29.6. The van der Waals surface area contributed by atoms with Crippen LogP contribution in [0.4, 0.5) is 0 Å². The van der Waals surface area contributed by atoms with E-state index in [1.165, 1.54) is 141 Å². The Bertz CT molecular complexity index is 456. The molecule has 0 spiro atoms. The van der Waals surface area contributed by atoms with Crippen molar-refractivity contribution in [2.75, 3.05) is 27.2 Å². The Labute approximate surface area is 228 Å². The quantitative estimate of drug-likeness (QED) is 0.0740. The summed E-state index contributed by atoms with van der Waals surface area (Å²) in [6.07, 6.45) is 40.8. The second-order valence-electron chi connectivity index (χ2n) is 11.3. The van der Waals surface area contributed by atoms with E-state index in [4.69, 9.17) is 4.74 Å². The number of nitrogens with zero attached hydrogens (tertiary/aromatic N) is 1. The molecule has 1 unspecified atom stereocenters. The van der Waals surface area contributed by atoms with Gasteiger partial charge in [0.2, 0.25) is 0 Å². The summed E-state index contributed by atoms with van der Waals surface area (Å²) in [5.74, 6) is 0. The molecule has 0 aliphatic rings. The van der Waals surface area contributed by atoms with Gasteiger partial charge in [-0.2, -0.15) is 0 Å². The van der Waals surface area contributed by atoms with Crippen LogP contribution in [0.1, 0.15) is 162 Å². The van der Waals surface area contributed by atoms with E-state index in [0.29, 0.717) is 6.10 Å². The maximum Gasteiger partial charge on any atom is 0.0575 e. The second-order valence-corrected chi connectivity index (χ2v) is 11.3. The molecular formula is C34H67NO. The Morgan fingerprint density at radius 1 is 0.528 bits per heavy atom. The predicted octanol–water partition coefficient (Wildman–Crippen LogP) is 11.1. The summed E-state index contributed by atoms with van der Waals surface area (Å²) in [4.78, 5) is 2.26. The van der Waals surface area contributed by atoms with Crippen LogP contribution in [0.25, 0.3) is 0 Å². The van der Waals surface area contributed by atoms with E-state index < -0.39 is 0 Å². The Kier molecular flexibility index (Phi) is 30.1. The zero-order valence-corrected chi connectivity index (χ0v) is 25.4. The molecule has 0 saturated heterocycles. The van der Waals surface area contributed by atoms with Crippen LogP contribution in [0.3, 0.4) is 0 Å². The molecule has 0 aliphatic carbocycles. The highest BCUT2D eigenvalue weighted by molar-refractivity contribution is 5.02. The van der Waals surface area contributed by atoms with Crippen LogP contribution in [-0.2, 0) is 4.74 Å². The number of hydrogen-bond acceptors (Lipinski definition) is 2. The molecule has 214 valence electrons. The van der Waals surface area contributed by atoms with Crippen LogP contribution < -0.4 is 0 Å². The summed E-state index contributed by atoms with van der Waals surface area (Å²) in [6, 6.07) is 0. The Hall–Kier alpha value is -0.600. The first kappa shape index (κ1) is 35.4. The average Bonchev–Trinajstić information content (AvgIpc) is 2.87. The van der Waals surface area contributed by atoms with E-state index >= 15 is 0 Å². The minimum absolute atomic E-state index is 0.497. The lowest BCUT2D eigenvalue weighted by Gasteiger charge is -2.19. The monoisotopic (exact) mass is 506 g/mol. The van der Waals surface area contributed by atoms with Crippen molar-refractivity contribution in [3.05, 3.63) is 24.3 Å². The molecule has 0 amide bonds. The first-order chi connectivity index (χ1) is 17.7. The molecule has 2 heteroatoms. The minimum atomic E-state index is 0.497.